The van der Waals surface area contributed by atoms with E-state index in [0.717, 1.165) is 11.1 Å². The number of nitro benzene ring substituents is 1. The van der Waals surface area contributed by atoms with Gasteiger partial charge in [-0.05, 0) is 18.1 Å². The van der Waals surface area contributed by atoms with E-state index in [1.165, 1.54) is 23.5 Å². The first-order valence-electron chi connectivity index (χ1n) is 5.29. The molecule has 1 aromatic heterocycles. The molecule has 0 aliphatic heterocycles. The van der Waals surface area contributed by atoms with Crippen molar-refractivity contribution < 1.29 is 4.92 Å². The quantitative estimate of drug-likeness (QED) is 0.421. The fraction of sp³-hybridized carbons (Fsp3) is 0.167. The molecule has 2 aromatic rings. The average molecular weight is 337 g/mol. The number of nitrogens with zero attached hydrogens (tertiary/aromatic N) is 1. The van der Waals surface area contributed by atoms with Crippen LogP contribution in [0.5, 0.6) is 0 Å². The SMILES string of the molecule is O=[N+]([O-])c1ccc(CC(Cl)c2cc(Cl)sc2Cl)cc1. The van der Waals surface area contributed by atoms with Crippen molar-refractivity contribution in [1.82, 2.24) is 0 Å². The standard InChI is InChI=1S/C12H8Cl3NO2S/c13-10(9-6-11(14)19-12(9)15)5-7-1-3-8(4-2-7)16(17)18/h1-4,6,10H,5H2. The Hall–Kier alpha value is -0.810. The zero-order valence-corrected chi connectivity index (χ0v) is 12.6. The molecule has 0 amide bonds. The van der Waals surface area contributed by atoms with Gasteiger partial charge in [-0.1, -0.05) is 35.3 Å². The van der Waals surface area contributed by atoms with Crippen molar-refractivity contribution >= 4 is 51.8 Å². The Balaban J connectivity index is 2.12. The first-order valence-corrected chi connectivity index (χ1v) is 7.30. The molecule has 0 saturated carbocycles. The summed E-state index contributed by atoms with van der Waals surface area (Å²) in [5.41, 5.74) is 1.76. The lowest BCUT2D eigenvalue weighted by atomic mass is 10.1. The van der Waals surface area contributed by atoms with E-state index in [0.29, 0.717) is 15.1 Å². The van der Waals surface area contributed by atoms with Crippen molar-refractivity contribution in [3.63, 3.8) is 0 Å². The van der Waals surface area contributed by atoms with E-state index in [2.05, 4.69) is 0 Å². The van der Waals surface area contributed by atoms with Gasteiger partial charge in [-0.2, -0.15) is 0 Å². The lowest BCUT2D eigenvalue weighted by molar-refractivity contribution is -0.384. The van der Waals surface area contributed by atoms with Gasteiger partial charge in [0.2, 0.25) is 0 Å². The maximum Gasteiger partial charge on any atom is 0.269 e. The third-order valence-electron chi connectivity index (χ3n) is 2.58. The van der Waals surface area contributed by atoms with Crippen LogP contribution in [0.4, 0.5) is 5.69 Å². The van der Waals surface area contributed by atoms with Gasteiger partial charge in [-0.15, -0.1) is 22.9 Å². The molecule has 1 atom stereocenters. The lowest BCUT2D eigenvalue weighted by Crippen LogP contribution is -1.95. The van der Waals surface area contributed by atoms with Gasteiger partial charge in [0.05, 0.1) is 19.0 Å². The van der Waals surface area contributed by atoms with Crippen molar-refractivity contribution in [2.45, 2.75) is 11.8 Å². The van der Waals surface area contributed by atoms with E-state index >= 15 is 0 Å². The third-order valence-corrected chi connectivity index (χ3v) is 4.49. The second-order valence-electron chi connectivity index (χ2n) is 3.87. The highest BCUT2D eigenvalue weighted by Crippen LogP contribution is 2.38. The molecule has 0 aliphatic carbocycles. The van der Waals surface area contributed by atoms with E-state index in [1.54, 1.807) is 18.2 Å². The fourth-order valence-electron chi connectivity index (χ4n) is 1.64. The predicted molar refractivity (Wildman–Crippen MR) is 79.7 cm³/mol. The van der Waals surface area contributed by atoms with Crippen LogP contribution in [0.3, 0.4) is 0 Å². The molecule has 0 radical (unpaired) electrons. The Morgan fingerprint density at radius 3 is 2.37 bits per heavy atom. The first-order chi connectivity index (χ1) is 8.97. The van der Waals surface area contributed by atoms with Gasteiger partial charge in [0.15, 0.2) is 0 Å². The Kier molecular flexibility index (Phi) is 4.68. The van der Waals surface area contributed by atoms with E-state index in [1.807, 2.05) is 0 Å². The summed E-state index contributed by atoms with van der Waals surface area (Å²) < 4.78 is 1.17. The van der Waals surface area contributed by atoms with Crippen LogP contribution < -0.4 is 0 Å². The first kappa shape index (κ1) is 14.6. The zero-order valence-electron chi connectivity index (χ0n) is 9.48. The largest absolute Gasteiger partial charge is 0.269 e. The highest BCUT2D eigenvalue weighted by atomic mass is 35.5. The van der Waals surface area contributed by atoms with Crippen LogP contribution in [0, 0.1) is 10.1 Å². The predicted octanol–water partition coefficient (Wildman–Crippen LogP) is 5.49. The highest BCUT2D eigenvalue weighted by Gasteiger charge is 2.16. The van der Waals surface area contributed by atoms with Crippen LogP contribution >= 0.6 is 46.1 Å². The Labute approximate surface area is 128 Å². The van der Waals surface area contributed by atoms with E-state index < -0.39 is 4.92 Å². The van der Waals surface area contributed by atoms with Crippen molar-refractivity contribution in [1.29, 1.82) is 0 Å². The smallest absolute Gasteiger partial charge is 0.258 e. The fourth-order valence-corrected chi connectivity index (χ4v) is 3.69. The van der Waals surface area contributed by atoms with Gasteiger partial charge >= 0.3 is 0 Å². The number of non-ortho nitro benzene ring substituents is 1. The minimum absolute atomic E-state index is 0.0616. The molecule has 0 saturated heterocycles. The Morgan fingerprint density at radius 1 is 1.26 bits per heavy atom. The maximum absolute atomic E-state index is 10.6. The number of hydrogen-bond donors (Lipinski definition) is 0. The van der Waals surface area contributed by atoms with Crippen molar-refractivity contribution in [2.75, 3.05) is 0 Å². The Morgan fingerprint density at radius 2 is 1.89 bits per heavy atom. The van der Waals surface area contributed by atoms with Crippen molar-refractivity contribution in [3.05, 3.63) is 60.2 Å². The zero-order chi connectivity index (χ0) is 14.0. The average Bonchev–Trinajstić information content (AvgIpc) is 2.69. The summed E-state index contributed by atoms with van der Waals surface area (Å²) in [6, 6.07) is 8.05. The van der Waals surface area contributed by atoms with E-state index in [4.69, 9.17) is 34.8 Å². The molecule has 0 fully saturated rings. The topological polar surface area (TPSA) is 43.1 Å². The van der Waals surface area contributed by atoms with Gasteiger partial charge in [-0.25, -0.2) is 0 Å². The van der Waals surface area contributed by atoms with Crippen molar-refractivity contribution in [2.24, 2.45) is 0 Å². The minimum atomic E-state index is -0.433. The number of rotatable bonds is 4. The van der Waals surface area contributed by atoms with Crippen LogP contribution in [0.2, 0.25) is 8.67 Å². The van der Waals surface area contributed by atoms with Gasteiger partial charge in [0, 0.05) is 17.7 Å². The van der Waals surface area contributed by atoms with E-state index in [9.17, 15) is 10.1 Å². The molecule has 0 bridgehead atoms. The maximum atomic E-state index is 10.6. The summed E-state index contributed by atoms with van der Waals surface area (Å²) in [5, 5.41) is 10.2. The second kappa shape index (κ2) is 6.09. The number of halogens is 3. The monoisotopic (exact) mass is 335 g/mol. The second-order valence-corrected chi connectivity index (χ2v) is 6.69. The molecule has 7 heteroatoms. The molecule has 2 rings (SSSR count). The summed E-state index contributed by atoms with van der Waals surface area (Å²) in [6.07, 6.45) is 0.534. The molecule has 0 aliphatic rings. The molecule has 19 heavy (non-hydrogen) atoms. The summed E-state index contributed by atoms with van der Waals surface area (Å²) in [6.45, 7) is 0. The number of benzene rings is 1. The van der Waals surface area contributed by atoms with Gasteiger partial charge in [-0.3, -0.25) is 10.1 Å². The summed E-state index contributed by atoms with van der Waals surface area (Å²) in [7, 11) is 0. The molecular weight excluding hydrogens is 329 g/mol. The molecule has 100 valence electrons. The normalized spacial score (nSPS) is 12.4. The van der Waals surface area contributed by atoms with Crippen LogP contribution in [-0.2, 0) is 6.42 Å². The van der Waals surface area contributed by atoms with E-state index in [-0.39, 0.29) is 11.1 Å². The highest BCUT2D eigenvalue weighted by molar-refractivity contribution is 7.20. The van der Waals surface area contributed by atoms with Gasteiger partial charge in [0.1, 0.15) is 0 Å². The number of thiophene rings is 1. The molecule has 3 nitrogen and oxygen atoms in total. The lowest BCUT2D eigenvalue weighted by Gasteiger charge is -2.08. The summed E-state index contributed by atoms with van der Waals surface area (Å²) >= 11 is 19.5. The van der Waals surface area contributed by atoms with Crippen molar-refractivity contribution in [3.8, 4) is 0 Å². The summed E-state index contributed by atoms with van der Waals surface area (Å²) in [5.74, 6) is 0. The van der Waals surface area contributed by atoms with Crippen LogP contribution in [0.25, 0.3) is 0 Å². The Bertz CT molecular complexity index is 598. The molecule has 1 heterocycles. The molecular formula is C12H8Cl3NO2S. The third kappa shape index (κ3) is 3.60. The summed E-state index contributed by atoms with van der Waals surface area (Å²) in [4.78, 5) is 10.1. The molecule has 1 unspecified atom stereocenters. The van der Waals surface area contributed by atoms with Crippen LogP contribution in [0.1, 0.15) is 16.5 Å². The van der Waals surface area contributed by atoms with Crippen LogP contribution in [-0.4, -0.2) is 4.92 Å². The van der Waals surface area contributed by atoms with Crippen LogP contribution in [0.15, 0.2) is 30.3 Å². The number of alkyl halides is 1. The van der Waals surface area contributed by atoms with Gasteiger partial charge < -0.3 is 0 Å². The molecule has 0 spiro atoms. The van der Waals surface area contributed by atoms with Gasteiger partial charge in [0.25, 0.3) is 5.69 Å². The number of hydrogen-bond acceptors (Lipinski definition) is 3. The molecule has 0 N–H and O–H groups in total. The molecule has 1 aromatic carbocycles. The minimum Gasteiger partial charge on any atom is -0.258 e. The number of nitro groups is 1.